The molecule has 0 heterocycles. The van der Waals surface area contributed by atoms with E-state index in [1.165, 1.54) is 0 Å². The van der Waals surface area contributed by atoms with Gasteiger partial charge >= 0.3 is 0 Å². The topological polar surface area (TPSA) is 78.8 Å². The average Bonchev–Trinajstić information content (AvgIpc) is 2.98. The number of ether oxygens (including phenoxy) is 1. The first-order valence-corrected chi connectivity index (χ1v) is 8.81. The molecule has 3 N–H and O–H groups in total. The molecule has 0 bridgehead atoms. The van der Waals surface area contributed by atoms with Crippen molar-refractivity contribution in [3.8, 4) is 5.75 Å². The molecule has 0 spiro atoms. The summed E-state index contributed by atoms with van der Waals surface area (Å²) in [6, 6.07) is 7.48. The smallest absolute Gasteiger partial charge is 0.230 e. The highest BCUT2D eigenvalue weighted by molar-refractivity contribution is 5.89. The van der Waals surface area contributed by atoms with Gasteiger partial charge in [0, 0.05) is 6.54 Å². The highest BCUT2D eigenvalue weighted by Crippen LogP contribution is 2.44. The summed E-state index contributed by atoms with van der Waals surface area (Å²) in [6.07, 6.45) is 4.82. The van der Waals surface area contributed by atoms with Crippen molar-refractivity contribution in [1.29, 1.82) is 0 Å². The van der Waals surface area contributed by atoms with E-state index >= 15 is 0 Å². The van der Waals surface area contributed by atoms with E-state index in [2.05, 4.69) is 5.32 Å². The minimum atomic E-state index is -0.663. The van der Waals surface area contributed by atoms with Gasteiger partial charge in [-0.1, -0.05) is 25.0 Å². The fraction of sp³-hybridized carbons (Fsp3) is 0.632. The van der Waals surface area contributed by atoms with Gasteiger partial charge in [0.1, 0.15) is 5.75 Å². The van der Waals surface area contributed by atoms with Gasteiger partial charge in [-0.25, -0.2) is 0 Å². The van der Waals surface area contributed by atoms with Crippen molar-refractivity contribution < 1.29 is 19.7 Å². The number of benzene rings is 1. The third-order valence-corrected chi connectivity index (χ3v) is 5.66. The van der Waals surface area contributed by atoms with Gasteiger partial charge in [0.15, 0.2) is 0 Å². The summed E-state index contributed by atoms with van der Waals surface area (Å²) >= 11 is 0. The number of hydrogen-bond donors (Lipinski definition) is 3. The fourth-order valence-corrected chi connectivity index (χ4v) is 4.07. The minimum absolute atomic E-state index is 0.0560. The lowest BCUT2D eigenvalue weighted by Crippen LogP contribution is -2.55. The molecular weight excluding hydrogens is 306 g/mol. The van der Waals surface area contributed by atoms with Crippen molar-refractivity contribution >= 4 is 5.91 Å². The molecule has 0 radical (unpaired) electrons. The molecule has 24 heavy (non-hydrogen) atoms. The van der Waals surface area contributed by atoms with Crippen LogP contribution in [-0.4, -0.2) is 41.5 Å². The summed E-state index contributed by atoms with van der Waals surface area (Å²) in [5.41, 5.74) is -0.366. The first-order chi connectivity index (χ1) is 11.5. The summed E-state index contributed by atoms with van der Waals surface area (Å²) < 4.78 is 5.17. The maximum atomic E-state index is 12.8. The molecule has 132 valence electrons. The van der Waals surface area contributed by atoms with E-state index in [1.807, 2.05) is 24.3 Å². The molecular formula is C19H27NO4. The predicted molar refractivity (Wildman–Crippen MR) is 91.0 cm³/mol. The molecule has 2 saturated carbocycles. The zero-order valence-electron chi connectivity index (χ0n) is 14.3. The van der Waals surface area contributed by atoms with Gasteiger partial charge in [-0.05, 0) is 49.8 Å². The van der Waals surface area contributed by atoms with Crippen LogP contribution >= 0.6 is 0 Å². The Morgan fingerprint density at radius 2 is 1.88 bits per heavy atom. The van der Waals surface area contributed by atoms with Gasteiger partial charge in [0.25, 0.3) is 0 Å². The molecule has 5 nitrogen and oxygen atoms in total. The maximum Gasteiger partial charge on any atom is 0.230 e. The summed E-state index contributed by atoms with van der Waals surface area (Å²) in [6.45, 7) is 0.476. The summed E-state index contributed by atoms with van der Waals surface area (Å²) in [4.78, 5) is 12.8. The third-order valence-electron chi connectivity index (χ3n) is 5.66. The van der Waals surface area contributed by atoms with Gasteiger partial charge in [-0.3, -0.25) is 4.79 Å². The summed E-state index contributed by atoms with van der Waals surface area (Å²) in [5.74, 6) is 0.692. The standard InChI is InChI=1S/C19H27NO4/c1-24-16-6-4-14(5-7-16)19(12-15(21)13-19)17(22)20-11-10-18(23)8-2-3-9-18/h4-7,15,21,23H,2-3,8-13H2,1H3,(H,20,22). The largest absolute Gasteiger partial charge is 0.497 e. The number of amides is 1. The van der Waals surface area contributed by atoms with Crippen LogP contribution < -0.4 is 10.1 Å². The van der Waals surface area contributed by atoms with Crippen molar-refractivity contribution in [3.63, 3.8) is 0 Å². The van der Waals surface area contributed by atoms with Gasteiger partial charge < -0.3 is 20.3 Å². The molecule has 3 rings (SSSR count). The lowest BCUT2D eigenvalue weighted by molar-refractivity contribution is -0.135. The molecule has 2 aliphatic rings. The molecule has 2 fully saturated rings. The first-order valence-electron chi connectivity index (χ1n) is 8.81. The molecule has 0 aromatic heterocycles. The number of aliphatic hydroxyl groups excluding tert-OH is 1. The number of carbonyl (C=O) groups is 1. The second-order valence-electron chi connectivity index (χ2n) is 7.31. The average molecular weight is 333 g/mol. The highest BCUT2D eigenvalue weighted by Gasteiger charge is 2.50. The van der Waals surface area contributed by atoms with E-state index in [0.717, 1.165) is 37.0 Å². The van der Waals surface area contributed by atoms with Crippen molar-refractivity contribution in [3.05, 3.63) is 29.8 Å². The number of aliphatic hydroxyl groups is 2. The van der Waals surface area contributed by atoms with Crippen molar-refractivity contribution in [1.82, 2.24) is 5.32 Å². The molecule has 0 saturated heterocycles. The minimum Gasteiger partial charge on any atom is -0.497 e. The Bertz CT molecular complexity index is 572. The van der Waals surface area contributed by atoms with E-state index in [4.69, 9.17) is 4.74 Å². The molecule has 5 heteroatoms. The number of hydrogen-bond acceptors (Lipinski definition) is 4. The van der Waals surface area contributed by atoms with Gasteiger partial charge in [-0.2, -0.15) is 0 Å². The van der Waals surface area contributed by atoms with Crippen LogP contribution in [-0.2, 0) is 10.2 Å². The molecule has 0 unspecified atom stereocenters. The molecule has 1 aromatic carbocycles. The van der Waals surface area contributed by atoms with Crippen LogP contribution in [0.1, 0.15) is 50.5 Å². The third kappa shape index (κ3) is 3.28. The number of nitrogens with one attached hydrogen (secondary N) is 1. The number of rotatable bonds is 6. The first kappa shape index (κ1) is 17.2. The Balaban J connectivity index is 1.64. The van der Waals surface area contributed by atoms with Crippen molar-refractivity contribution in [2.75, 3.05) is 13.7 Å². The Morgan fingerprint density at radius 3 is 2.42 bits per heavy atom. The van der Waals surface area contributed by atoms with Gasteiger partial charge in [0.2, 0.25) is 5.91 Å². The van der Waals surface area contributed by atoms with Gasteiger partial charge in [-0.15, -0.1) is 0 Å². The van der Waals surface area contributed by atoms with Crippen LogP contribution in [0.15, 0.2) is 24.3 Å². The second kappa shape index (κ2) is 6.73. The summed E-state index contributed by atoms with van der Waals surface area (Å²) in [5, 5.41) is 23.2. The van der Waals surface area contributed by atoms with Crippen molar-refractivity contribution in [2.24, 2.45) is 0 Å². The van der Waals surface area contributed by atoms with Gasteiger partial charge in [0.05, 0.1) is 24.2 Å². The molecule has 1 aromatic rings. The van der Waals surface area contributed by atoms with E-state index in [-0.39, 0.29) is 5.91 Å². The molecule has 1 amide bonds. The second-order valence-corrected chi connectivity index (χ2v) is 7.31. The Kier molecular flexibility index (Phi) is 4.83. The lowest BCUT2D eigenvalue weighted by atomic mass is 9.62. The van der Waals surface area contributed by atoms with Crippen LogP contribution in [0.5, 0.6) is 5.75 Å². The van der Waals surface area contributed by atoms with Crippen LogP contribution in [0.4, 0.5) is 0 Å². The maximum absolute atomic E-state index is 12.8. The van der Waals surface area contributed by atoms with E-state index in [0.29, 0.717) is 25.8 Å². The number of carbonyl (C=O) groups excluding carboxylic acids is 1. The van der Waals surface area contributed by atoms with Crippen molar-refractivity contribution in [2.45, 2.75) is 62.1 Å². The lowest BCUT2D eigenvalue weighted by Gasteiger charge is -2.44. The normalized spacial score (nSPS) is 28.2. The van der Waals surface area contributed by atoms with Crippen LogP contribution in [0.3, 0.4) is 0 Å². The Hall–Kier alpha value is -1.59. The zero-order valence-corrected chi connectivity index (χ0v) is 14.3. The van der Waals surface area contributed by atoms with E-state index in [9.17, 15) is 15.0 Å². The molecule has 0 aliphatic heterocycles. The van der Waals surface area contributed by atoms with Crippen LogP contribution in [0.25, 0.3) is 0 Å². The SMILES string of the molecule is COc1ccc(C2(C(=O)NCCC3(O)CCCC3)CC(O)C2)cc1. The predicted octanol–water partition coefficient (Wildman–Crippen LogP) is 1.90. The fourth-order valence-electron chi connectivity index (χ4n) is 4.07. The zero-order chi connectivity index (χ0) is 17.2. The summed E-state index contributed by atoms with van der Waals surface area (Å²) in [7, 11) is 1.61. The van der Waals surface area contributed by atoms with Crippen LogP contribution in [0.2, 0.25) is 0 Å². The Labute approximate surface area is 143 Å². The Morgan fingerprint density at radius 1 is 1.25 bits per heavy atom. The number of methoxy groups -OCH3 is 1. The highest BCUT2D eigenvalue weighted by atomic mass is 16.5. The van der Waals surface area contributed by atoms with E-state index in [1.54, 1.807) is 7.11 Å². The quantitative estimate of drug-likeness (QED) is 0.743. The molecule has 2 aliphatic carbocycles. The van der Waals surface area contributed by atoms with Crippen LogP contribution in [0, 0.1) is 0 Å². The monoisotopic (exact) mass is 333 g/mol. The molecule has 0 atom stereocenters. The van der Waals surface area contributed by atoms with E-state index < -0.39 is 17.1 Å².